The first-order valence-corrected chi connectivity index (χ1v) is 11.8. The largest absolute Gasteiger partial charge is 0.369 e. The Morgan fingerprint density at radius 2 is 1.55 bits per heavy atom. The number of anilines is 1. The molecule has 1 aromatic carbocycles. The first-order chi connectivity index (χ1) is 14.3. The van der Waals surface area contributed by atoms with Crippen LogP contribution in [0.4, 0.5) is 5.69 Å². The number of piperazine rings is 1. The summed E-state index contributed by atoms with van der Waals surface area (Å²) in [6, 6.07) is 11.0. The van der Waals surface area contributed by atoms with Crippen molar-refractivity contribution in [3.8, 4) is 0 Å². The summed E-state index contributed by atoms with van der Waals surface area (Å²) >= 11 is 0. The van der Waals surface area contributed by atoms with Gasteiger partial charge in [0.15, 0.2) is 0 Å². The molecule has 2 heterocycles. The zero-order valence-corrected chi connectivity index (χ0v) is 17.9. The van der Waals surface area contributed by atoms with E-state index in [1.54, 1.807) is 0 Å². The van der Waals surface area contributed by atoms with Gasteiger partial charge in [-0.3, -0.25) is 9.69 Å². The molecule has 1 amide bonds. The number of amides is 1. The van der Waals surface area contributed by atoms with Crippen LogP contribution in [0.1, 0.15) is 44.9 Å². The average Bonchev–Trinajstić information content (AvgIpc) is 3.28. The maximum absolute atomic E-state index is 12.4. The monoisotopic (exact) mass is 398 g/mol. The third-order valence-corrected chi connectivity index (χ3v) is 7.09. The highest BCUT2D eigenvalue weighted by atomic mass is 16.1. The molecule has 160 valence electrons. The van der Waals surface area contributed by atoms with E-state index in [0.29, 0.717) is 12.5 Å². The number of benzene rings is 1. The molecule has 3 aliphatic rings. The van der Waals surface area contributed by atoms with Crippen molar-refractivity contribution in [2.45, 2.75) is 51.0 Å². The lowest BCUT2D eigenvalue weighted by Crippen LogP contribution is -2.48. The lowest BCUT2D eigenvalue weighted by atomic mass is 10.0. The van der Waals surface area contributed by atoms with Gasteiger partial charge in [-0.2, -0.15) is 0 Å². The van der Waals surface area contributed by atoms with Crippen molar-refractivity contribution >= 4 is 11.6 Å². The number of likely N-dealkylation sites (tertiary alicyclic amines) is 1. The number of nitrogens with zero attached hydrogens (tertiary/aromatic N) is 3. The topological polar surface area (TPSA) is 38.8 Å². The molecule has 0 radical (unpaired) electrons. The van der Waals surface area contributed by atoms with E-state index in [9.17, 15) is 4.79 Å². The summed E-state index contributed by atoms with van der Waals surface area (Å²) < 4.78 is 0. The molecule has 0 aromatic heterocycles. The Hall–Kier alpha value is -1.59. The predicted octanol–water partition coefficient (Wildman–Crippen LogP) is 2.97. The highest BCUT2D eigenvalue weighted by molar-refractivity contribution is 5.76. The third kappa shape index (κ3) is 6.19. The Bertz CT molecular complexity index is 615. The summed E-state index contributed by atoms with van der Waals surface area (Å²) in [6.07, 6.45) is 8.58. The molecule has 1 aromatic rings. The lowest BCUT2D eigenvalue weighted by Gasteiger charge is -2.36. The Kier molecular flexibility index (Phi) is 7.44. The Labute approximate surface area is 176 Å². The molecular formula is C24H38N4O. The molecule has 5 nitrogen and oxygen atoms in total. The molecule has 1 aliphatic carbocycles. The number of rotatable bonds is 7. The van der Waals surface area contributed by atoms with Gasteiger partial charge in [-0.25, -0.2) is 0 Å². The Morgan fingerprint density at radius 1 is 0.862 bits per heavy atom. The van der Waals surface area contributed by atoms with Gasteiger partial charge >= 0.3 is 0 Å². The Morgan fingerprint density at radius 3 is 2.24 bits per heavy atom. The molecule has 2 aliphatic heterocycles. The summed E-state index contributed by atoms with van der Waals surface area (Å²) in [5, 5.41) is 3.30. The average molecular weight is 399 g/mol. The van der Waals surface area contributed by atoms with Crippen LogP contribution in [-0.4, -0.2) is 74.1 Å². The summed E-state index contributed by atoms with van der Waals surface area (Å²) in [5.74, 6) is 1.17. The van der Waals surface area contributed by atoms with Crippen molar-refractivity contribution in [3.05, 3.63) is 30.3 Å². The van der Waals surface area contributed by atoms with Gasteiger partial charge in [0.1, 0.15) is 0 Å². The molecule has 3 fully saturated rings. The van der Waals surface area contributed by atoms with Gasteiger partial charge in [-0.15, -0.1) is 0 Å². The molecule has 1 N–H and O–H groups in total. The van der Waals surface area contributed by atoms with E-state index in [0.717, 1.165) is 64.6 Å². The van der Waals surface area contributed by atoms with Gasteiger partial charge in [-0.05, 0) is 43.7 Å². The van der Waals surface area contributed by atoms with Gasteiger partial charge in [-0.1, -0.05) is 31.0 Å². The van der Waals surface area contributed by atoms with E-state index in [-0.39, 0.29) is 5.91 Å². The SMILES string of the molecule is O=C(CCN1CCN(c2ccccc2)CC1)NC1CCN(CC2CCCC2)CC1. The number of hydrogen-bond acceptors (Lipinski definition) is 4. The van der Waals surface area contributed by atoms with Gasteiger partial charge in [0.2, 0.25) is 5.91 Å². The van der Waals surface area contributed by atoms with E-state index >= 15 is 0 Å². The van der Waals surface area contributed by atoms with Crippen LogP contribution >= 0.6 is 0 Å². The molecular weight excluding hydrogens is 360 g/mol. The minimum atomic E-state index is 0.240. The molecule has 0 bridgehead atoms. The van der Waals surface area contributed by atoms with Crippen LogP contribution in [0.2, 0.25) is 0 Å². The van der Waals surface area contributed by atoms with E-state index in [4.69, 9.17) is 0 Å². The zero-order chi connectivity index (χ0) is 19.9. The van der Waals surface area contributed by atoms with Crippen LogP contribution in [0.5, 0.6) is 0 Å². The van der Waals surface area contributed by atoms with Gasteiger partial charge in [0.05, 0.1) is 0 Å². The second kappa shape index (κ2) is 10.4. The maximum atomic E-state index is 12.4. The number of para-hydroxylation sites is 1. The molecule has 5 heteroatoms. The maximum Gasteiger partial charge on any atom is 0.221 e. The van der Waals surface area contributed by atoms with Crippen LogP contribution in [0.15, 0.2) is 30.3 Å². The first kappa shape index (κ1) is 20.7. The molecule has 2 saturated heterocycles. The minimum absolute atomic E-state index is 0.240. The zero-order valence-electron chi connectivity index (χ0n) is 17.9. The predicted molar refractivity (Wildman–Crippen MR) is 119 cm³/mol. The van der Waals surface area contributed by atoms with E-state index in [2.05, 4.69) is 50.3 Å². The Balaban J connectivity index is 1.09. The normalized spacial score (nSPS) is 22.8. The first-order valence-electron chi connectivity index (χ1n) is 11.8. The van der Waals surface area contributed by atoms with E-state index in [1.807, 2.05) is 0 Å². The number of carbonyl (C=O) groups excluding carboxylic acids is 1. The number of carbonyl (C=O) groups is 1. The summed E-state index contributed by atoms with van der Waals surface area (Å²) in [6.45, 7) is 8.66. The van der Waals surface area contributed by atoms with Crippen molar-refractivity contribution in [3.63, 3.8) is 0 Å². The number of nitrogens with one attached hydrogen (secondary N) is 1. The van der Waals surface area contributed by atoms with Gasteiger partial charge in [0, 0.05) is 70.5 Å². The van der Waals surface area contributed by atoms with Crippen LogP contribution in [-0.2, 0) is 4.79 Å². The molecule has 29 heavy (non-hydrogen) atoms. The summed E-state index contributed by atoms with van der Waals surface area (Å²) in [7, 11) is 0. The number of hydrogen-bond donors (Lipinski definition) is 1. The van der Waals surface area contributed by atoms with Gasteiger partial charge in [0.25, 0.3) is 0 Å². The fraction of sp³-hybridized carbons (Fsp3) is 0.708. The quantitative estimate of drug-likeness (QED) is 0.766. The van der Waals surface area contributed by atoms with Crippen LogP contribution in [0.3, 0.4) is 0 Å². The molecule has 0 atom stereocenters. The third-order valence-electron chi connectivity index (χ3n) is 7.09. The minimum Gasteiger partial charge on any atom is -0.369 e. The van der Waals surface area contributed by atoms with Gasteiger partial charge < -0.3 is 15.1 Å². The summed E-state index contributed by atoms with van der Waals surface area (Å²) in [5.41, 5.74) is 1.31. The molecule has 0 unspecified atom stereocenters. The van der Waals surface area contributed by atoms with Crippen molar-refractivity contribution < 1.29 is 4.79 Å². The highest BCUT2D eigenvalue weighted by Crippen LogP contribution is 2.26. The molecule has 4 rings (SSSR count). The second-order valence-corrected chi connectivity index (χ2v) is 9.21. The van der Waals surface area contributed by atoms with E-state index < -0.39 is 0 Å². The van der Waals surface area contributed by atoms with Crippen molar-refractivity contribution in [2.75, 3.05) is 57.3 Å². The smallest absolute Gasteiger partial charge is 0.221 e. The fourth-order valence-corrected chi connectivity index (χ4v) is 5.25. The van der Waals surface area contributed by atoms with Crippen molar-refractivity contribution in [1.29, 1.82) is 0 Å². The highest BCUT2D eigenvalue weighted by Gasteiger charge is 2.24. The van der Waals surface area contributed by atoms with E-state index in [1.165, 1.54) is 37.9 Å². The van der Waals surface area contributed by atoms with Crippen LogP contribution < -0.4 is 10.2 Å². The van der Waals surface area contributed by atoms with Crippen molar-refractivity contribution in [1.82, 2.24) is 15.1 Å². The molecule has 1 saturated carbocycles. The second-order valence-electron chi connectivity index (χ2n) is 9.21. The summed E-state index contributed by atoms with van der Waals surface area (Å²) in [4.78, 5) is 19.9. The van der Waals surface area contributed by atoms with Crippen LogP contribution in [0, 0.1) is 5.92 Å². The standard InChI is InChI=1S/C24H38N4O/c29-24(25-22-10-13-27(14-11-22)20-21-6-4-5-7-21)12-15-26-16-18-28(19-17-26)23-8-2-1-3-9-23/h1-3,8-9,21-22H,4-7,10-20H2,(H,25,29). The number of piperidine rings is 1. The van der Waals surface area contributed by atoms with Crippen LogP contribution in [0.25, 0.3) is 0 Å². The van der Waals surface area contributed by atoms with Crippen molar-refractivity contribution in [2.24, 2.45) is 5.92 Å². The fourth-order valence-electron chi connectivity index (χ4n) is 5.25. The lowest BCUT2D eigenvalue weighted by molar-refractivity contribution is -0.122. The molecule has 0 spiro atoms.